The number of nitrogens with one attached hydrogen (secondary N) is 1. The Hall–Kier alpha value is -3.41. The van der Waals surface area contributed by atoms with E-state index in [1.54, 1.807) is 0 Å². The molecular weight excluding hydrogens is 537 g/mol. The van der Waals surface area contributed by atoms with Gasteiger partial charge in [0, 0.05) is 24.8 Å². The van der Waals surface area contributed by atoms with Crippen LogP contribution in [0, 0.1) is 6.92 Å². The van der Waals surface area contributed by atoms with Gasteiger partial charge in [0.2, 0.25) is 0 Å². The lowest BCUT2D eigenvalue weighted by atomic mass is 9.92. The summed E-state index contributed by atoms with van der Waals surface area (Å²) in [6.07, 6.45) is -0.983. The summed E-state index contributed by atoms with van der Waals surface area (Å²) >= 11 is 0. The van der Waals surface area contributed by atoms with E-state index in [1.807, 2.05) is 23.1 Å². The second-order valence-electron chi connectivity index (χ2n) is 10.7. The number of morpholine rings is 1. The molecule has 0 unspecified atom stereocenters. The van der Waals surface area contributed by atoms with Crippen molar-refractivity contribution in [1.82, 2.24) is 14.5 Å². The smallest absolute Gasteiger partial charge is 0.393 e. The zero-order valence-electron chi connectivity index (χ0n) is 21.4. The lowest BCUT2D eigenvalue weighted by molar-refractivity contribution is -0.155. The summed E-state index contributed by atoms with van der Waals surface area (Å²) < 4.78 is 24.6. The molecule has 2 fully saturated rings. The van der Waals surface area contributed by atoms with Gasteiger partial charge in [-0.3, -0.25) is 23.8 Å². The van der Waals surface area contributed by atoms with Gasteiger partial charge in [0.05, 0.1) is 12.6 Å². The van der Waals surface area contributed by atoms with Crippen LogP contribution >= 0.6 is 7.82 Å². The Morgan fingerprint density at radius 2 is 1.73 bits per heavy atom. The summed E-state index contributed by atoms with van der Waals surface area (Å²) in [6.45, 7) is 1.37. The summed E-state index contributed by atoms with van der Waals surface area (Å²) in [5.41, 5.74) is -1.57. The van der Waals surface area contributed by atoms with Crippen LogP contribution in [0.2, 0.25) is 0 Å². The number of hydrogen-bond acceptors (Lipinski definition) is 7. The van der Waals surface area contributed by atoms with E-state index in [9.17, 15) is 29.0 Å². The summed E-state index contributed by atoms with van der Waals surface area (Å²) in [4.78, 5) is 48.5. The van der Waals surface area contributed by atoms with Crippen molar-refractivity contribution in [2.24, 2.45) is 0 Å². The third kappa shape index (κ3) is 3.78. The maximum absolute atomic E-state index is 12.8. The van der Waals surface area contributed by atoms with Gasteiger partial charge in [0.25, 0.3) is 5.56 Å². The summed E-state index contributed by atoms with van der Waals surface area (Å²) in [7, 11) is -5.00. The van der Waals surface area contributed by atoms with Gasteiger partial charge in [-0.05, 0) is 44.8 Å². The highest BCUT2D eigenvalue weighted by Crippen LogP contribution is 2.53. The fourth-order valence-corrected chi connectivity index (χ4v) is 7.19. The van der Waals surface area contributed by atoms with E-state index in [1.165, 1.54) is 17.7 Å². The minimum atomic E-state index is -5.00. The molecule has 2 aliphatic rings. The number of aromatic nitrogens is 2. The van der Waals surface area contributed by atoms with E-state index in [0.717, 1.165) is 37.9 Å². The largest absolute Gasteiger partial charge is 0.470 e. The highest BCUT2D eigenvalue weighted by atomic mass is 31.2. The van der Waals surface area contributed by atoms with Gasteiger partial charge in [-0.15, -0.1) is 0 Å². The number of phosphoric acid groups is 1. The second kappa shape index (κ2) is 8.79. The molecule has 0 aliphatic carbocycles. The fraction of sp³-hybridized carbons (Fsp3) is 0.286. The van der Waals surface area contributed by atoms with Crippen LogP contribution in [-0.4, -0.2) is 60.2 Å². The lowest BCUT2D eigenvalue weighted by Crippen LogP contribution is -2.49. The predicted molar refractivity (Wildman–Crippen MR) is 147 cm³/mol. The molecule has 2 saturated heterocycles. The van der Waals surface area contributed by atoms with Crippen LogP contribution < -0.4 is 11.2 Å². The maximum atomic E-state index is 12.8. The van der Waals surface area contributed by atoms with Crippen LogP contribution in [-0.2, 0) is 20.4 Å². The van der Waals surface area contributed by atoms with E-state index in [4.69, 9.17) is 9.26 Å². The molecule has 4 N–H and O–H groups in total. The minimum absolute atomic E-state index is 0.106. The van der Waals surface area contributed by atoms with Gasteiger partial charge in [-0.25, -0.2) is 9.36 Å². The van der Waals surface area contributed by atoms with Crippen LogP contribution in [0.3, 0.4) is 0 Å². The molecule has 5 aromatic rings. The van der Waals surface area contributed by atoms with Gasteiger partial charge in [-0.1, -0.05) is 54.6 Å². The standard InChI is InChI=1S/C28H26N3O8P/c1-15-11-31(27(34)29-25(15)33)26-23-24(39-40(35,36)37)28(14-32,38-26)13-30(23)12-19-8-7-18-6-5-16-3-2-4-17-9-10-20(19)22(18)21(16)17/h2-11,23-24,26,32H,12-14H2,1H3,(H,29,33,34)(H2,35,36,37)/t23-,24+,26+,28-/m0/s1. The number of rotatable bonds is 6. The highest BCUT2D eigenvalue weighted by Gasteiger charge is 2.66. The SMILES string of the molecule is Cc1cn([C@@H]2O[C@]3(CO)CN(Cc4ccc5ccc6cccc7ccc4c5c67)[C@H]2[C@H]3OP(=O)(O)O)c(=O)[nH]c1=O. The van der Waals surface area contributed by atoms with Crippen molar-refractivity contribution >= 4 is 40.1 Å². The predicted octanol–water partition coefficient (Wildman–Crippen LogP) is 2.36. The molecule has 206 valence electrons. The Balaban J connectivity index is 1.36. The van der Waals surface area contributed by atoms with Crippen LogP contribution in [0.4, 0.5) is 0 Å². The number of fused-ring (bicyclic) bond motifs is 2. The highest BCUT2D eigenvalue weighted by molar-refractivity contribution is 7.46. The van der Waals surface area contributed by atoms with E-state index < -0.39 is 49.7 Å². The zero-order chi connectivity index (χ0) is 28.0. The molecule has 0 radical (unpaired) electrons. The molecule has 0 spiro atoms. The molecular formula is C28H26N3O8P. The Morgan fingerprint density at radius 3 is 2.42 bits per heavy atom. The van der Waals surface area contributed by atoms with E-state index in [-0.39, 0.29) is 12.1 Å². The molecule has 3 heterocycles. The Morgan fingerprint density at radius 1 is 1.05 bits per heavy atom. The number of benzene rings is 4. The van der Waals surface area contributed by atoms with Crippen LogP contribution in [0.5, 0.6) is 0 Å². The zero-order valence-corrected chi connectivity index (χ0v) is 22.2. The van der Waals surface area contributed by atoms with E-state index >= 15 is 0 Å². The fourth-order valence-electron chi connectivity index (χ4n) is 6.58. The Bertz CT molecular complexity index is 1950. The van der Waals surface area contributed by atoms with Crippen molar-refractivity contribution in [3.63, 3.8) is 0 Å². The Labute approximate surface area is 226 Å². The first-order valence-corrected chi connectivity index (χ1v) is 14.4. The van der Waals surface area contributed by atoms with Crippen molar-refractivity contribution in [3.05, 3.63) is 92.8 Å². The monoisotopic (exact) mass is 563 g/mol. The first-order valence-electron chi connectivity index (χ1n) is 12.8. The molecule has 7 rings (SSSR count). The Kier molecular flexibility index (Phi) is 5.62. The van der Waals surface area contributed by atoms with E-state index in [0.29, 0.717) is 6.54 Å². The summed E-state index contributed by atoms with van der Waals surface area (Å²) in [5, 5.41) is 17.1. The first kappa shape index (κ1) is 25.6. The third-order valence-corrected chi connectivity index (χ3v) is 8.80. The number of hydrogen-bond donors (Lipinski definition) is 4. The van der Waals surface area contributed by atoms with Crippen LogP contribution in [0.25, 0.3) is 32.3 Å². The number of phosphoric ester groups is 1. The second-order valence-corrected chi connectivity index (χ2v) is 11.9. The average molecular weight is 564 g/mol. The van der Waals surface area contributed by atoms with Crippen molar-refractivity contribution in [3.8, 4) is 0 Å². The first-order chi connectivity index (χ1) is 19.1. The van der Waals surface area contributed by atoms with Gasteiger partial charge < -0.3 is 19.6 Å². The number of aliphatic hydroxyl groups excluding tert-OH is 1. The molecule has 0 amide bonds. The molecule has 4 aromatic carbocycles. The molecule has 2 bridgehead atoms. The lowest BCUT2D eigenvalue weighted by Gasteiger charge is -2.37. The summed E-state index contributed by atoms with van der Waals surface area (Å²) in [6, 6.07) is 17.7. The van der Waals surface area contributed by atoms with Crippen LogP contribution in [0.15, 0.2) is 70.4 Å². The van der Waals surface area contributed by atoms with Crippen molar-refractivity contribution in [2.45, 2.75) is 37.4 Å². The van der Waals surface area contributed by atoms with Gasteiger partial charge >= 0.3 is 13.5 Å². The number of nitrogens with zero attached hydrogens (tertiary/aromatic N) is 2. The van der Waals surface area contributed by atoms with Crippen LogP contribution in [0.1, 0.15) is 17.4 Å². The topological polar surface area (TPSA) is 154 Å². The molecule has 11 nitrogen and oxygen atoms in total. The molecule has 4 atom stereocenters. The van der Waals surface area contributed by atoms with Crippen molar-refractivity contribution in [2.75, 3.05) is 13.2 Å². The quantitative estimate of drug-likeness (QED) is 0.180. The molecule has 40 heavy (non-hydrogen) atoms. The number of aliphatic hydroxyl groups is 1. The number of aromatic amines is 1. The molecule has 12 heteroatoms. The molecule has 1 aromatic heterocycles. The maximum Gasteiger partial charge on any atom is 0.470 e. The number of aryl methyl sites for hydroxylation is 1. The van der Waals surface area contributed by atoms with E-state index in [2.05, 4.69) is 41.4 Å². The molecule has 0 saturated carbocycles. The number of ether oxygens (including phenoxy) is 1. The molecule has 2 aliphatic heterocycles. The normalized spacial score (nSPS) is 25.1. The van der Waals surface area contributed by atoms with Crippen molar-refractivity contribution < 1.29 is 28.7 Å². The van der Waals surface area contributed by atoms with Gasteiger partial charge in [0.1, 0.15) is 11.7 Å². The number of H-pyrrole nitrogens is 1. The van der Waals surface area contributed by atoms with Gasteiger partial charge in [0.15, 0.2) is 6.23 Å². The summed E-state index contributed by atoms with van der Waals surface area (Å²) in [5.74, 6) is 0. The number of likely N-dealkylation sites (tertiary alicyclic amines) is 1. The minimum Gasteiger partial charge on any atom is -0.393 e. The average Bonchev–Trinajstić information content (AvgIpc) is 3.37. The third-order valence-electron chi connectivity index (χ3n) is 8.30. The van der Waals surface area contributed by atoms with Crippen molar-refractivity contribution in [1.29, 1.82) is 0 Å². The van der Waals surface area contributed by atoms with Gasteiger partial charge in [-0.2, -0.15) is 0 Å².